The molecule has 0 heterocycles. The lowest BCUT2D eigenvalue weighted by Crippen LogP contribution is -2.26. The minimum absolute atomic E-state index is 0.221. The van der Waals surface area contributed by atoms with E-state index in [-0.39, 0.29) is 11.5 Å². The molecular formula is C24H20N2O5. The molecule has 31 heavy (non-hydrogen) atoms. The number of esters is 1. The minimum atomic E-state index is -0.693. The summed E-state index contributed by atoms with van der Waals surface area (Å²) in [5.74, 6) is -1.62. The fourth-order valence-corrected chi connectivity index (χ4v) is 2.76. The van der Waals surface area contributed by atoms with Crippen LogP contribution in [0.5, 0.6) is 0 Å². The Morgan fingerprint density at radius 2 is 1.52 bits per heavy atom. The molecule has 0 aromatic heterocycles. The fraction of sp³-hybridized carbons (Fsp3) is 0.0833. The summed E-state index contributed by atoms with van der Waals surface area (Å²) in [6.45, 7) is -0.170. The highest BCUT2D eigenvalue weighted by molar-refractivity contribution is 6.04. The molecule has 0 atom stereocenters. The van der Waals surface area contributed by atoms with Gasteiger partial charge in [0.1, 0.15) is 6.29 Å². The number of nitrogens with one attached hydrogen (secondary N) is 2. The third-order valence-electron chi connectivity index (χ3n) is 4.36. The van der Waals surface area contributed by atoms with E-state index in [0.29, 0.717) is 29.6 Å². The van der Waals surface area contributed by atoms with E-state index in [4.69, 9.17) is 4.74 Å². The molecular weight excluding hydrogens is 396 g/mol. The van der Waals surface area contributed by atoms with Gasteiger partial charge in [0.2, 0.25) is 0 Å². The second-order valence-corrected chi connectivity index (χ2v) is 6.58. The van der Waals surface area contributed by atoms with Gasteiger partial charge in [-0.1, -0.05) is 54.6 Å². The molecule has 7 heteroatoms. The van der Waals surface area contributed by atoms with Gasteiger partial charge in [0, 0.05) is 12.1 Å². The van der Waals surface area contributed by atoms with Crippen molar-refractivity contribution in [2.24, 2.45) is 0 Å². The lowest BCUT2D eigenvalue weighted by molar-refractivity contribution is -0.119. The number of amides is 2. The molecule has 0 fully saturated rings. The Hall–Kier alpha value is -4.26. The van der Waals surface area contributed by atoms with Crippen molar-refractivity contribution in [1.29, 1.82) is 0 Å². The van der Waals surface area contributed by atoms with Crippen molar-refractivity contribution in [2.75, 3.05) is 11.9 Å². The van der Waals surface area contributed by atoms with E-state index in [0.717, 1.165) is 5.56 Å². The summed E-state index contributed by atoms with van der Waals surface area (Å²) in [5.41, 5.74) is 2.20. The average molecular weight is 416 g/mol. The van der Waals surface area contributed by atoms with Crippen LogP contribution < -0.4 is 10.6 Å². The van der Waals surface area contributed by atoms with Crippen LogP contribution in [0.2, 0.25) is 0 Å². The molecule has 0 saturated heterocycles. The predicted molar refractivity (Wildman–Crippen MR) is 115 cm³/mol. The molecule has 0 saturated carbocycles. The van der Waals surface area contributed by atoms with Crippen LogP contribution in [0.1, 0.15) is 36.6 Å². The summed E-state index contributed by atoms with van der Waals surface area (Å²) >= 11 is 0. The molecule has 7 nitrogen and oxygen atoms in total. The number of carbonyl (C=O) groups excluding carboxylic acids is 4. The van der Waals surface area contributed by atoms with Gasteiger partial charge in [-0.05, 0) is 29.8 Å². The summed E-state index contributed by atoms with van der Waals surface area (Å²) < 4.78 is 5.00. The smallest absolute Gasteiger partial charge is 0.338 e. The summed E-state index contributed by atoms with van der Waals surface area (Å²) in [7, 11) is 0. The number of carbonyl (C=O) groups is 4. The maximum Gasteiger partial charge on any atom is 0.338 e. The van der Waals surface area contributed by atoms with Gasteiger partial charge in [0.05, 0.1) is 16.8 Å². The Bertz CT molecular complexity index is 1080. The first kappa shape index (κ1) is 21.4. The van der Waals surface area contributed by atoms with Crippen molar-refractivity contribution >= 4 is 29.8 Å². The molecule has 2 amide bonds. The lowest BCUT2D eigenvalue weighted by atomic mass is 10.1. The van der Waals surface area contributed by atoms with Gasteiger partial charge in [-0.2, -0.15) is 0 Å². The van der Waals surface area contributed by atoms with Crippen molar-refractivity contribution in [1.82, 2.24) is 5.32 Å². The molecule has 0 bridgehead atoms. The summed E-state index contributed by atoms with van der Waals surface area (Å²) in [5, 5.41) is 5.40. The van der Waals surface area contributed by atoms with Gasteiger partial charge in [0.15, 0.2) is 6.61 Å². The van der Waals surface area contributed by atoms with Gasteiger partial charge in [-0.3, -0.25) is 14.4 Å². The van der Waals surface area contributed by atoms with Crippen molar-refractivity contribution in [3.05, 3.63) is 101 Å². The molecule has 0 aliphatic carbocycles. The normalized spacial score (nSPS) is 10.1. The Morgan fingerprint density at radius 3 is 2.23 bits per heavy atom. The van der Waals surface area contributed by atoms with Gasteiger partial charge in [-0.25, -0.2) is 4.79 Å². The predicted octanol–water partition coefficient (Wildman–Crippen LogP) is 3.22. The van der Waals surface area contributed by atoms with Crippen molar-refractivity contribution < 1.29 is 23.9 Å². The first-order chi connectivity index (χ1) is 15.1. The largest absolute Gasteiger partial charge is 0.452 e. The van der Waals surface area contributed by atoms with Crippen LogP contribution in [0.15, 0.2) is 78.9 Å². The summed E-state index contributed by atoms with van der Waals surface area (Å²) in [6, 6.07) is 21.9. The van der Waals surface area contributed by atoms with Crippen LogP contribution in [0, 0.1) is 0 Å². The number of para-hydroxylation sites is 1. The molecule has 3 rings (SSSR count). The number of aldehydes is 1. The molecule has 0 spiro atoms. The quantitative estimate of drug-likeness (QED) is 0.434. The first-order valence-corrected chi connectivity index (χ1v) is 9.50. The highest BCUT2D eigenvalue weighted by Crippen LogP contribution is 2.15. The molecule has 3 aromatic rings. The lowest BCUT2D eigenvalue weighted by Gasteiger charge is -2.12. The highest BCUT2D eigenvalue weighted by Gasteiger charge is 2.15. The number of hydrogen-bond acceptors (Lipinski definition) is 5. The molecule has 0 unspecified atom stereocenters. The summed E-state index contributed by atoms with van der Waals surface area (Å²) in [4.78, 5) is 47.5. The number of ether oxygens (including phenoxy) is 1. The average Bonchev–Trinajstić information content (AvgIpc) is 2.82. The maximum atomic E-state index is 12.6. The SMILES string of the molecule is O=Cc1ccc(C(=O)OCC(=O)Nc2ccccc2C(=O)NCc2ccccc2)cc1. The Balaban J connectivity index is 1.56. The molecule has 2 N–H and O–H groups in total. The van der Waals surface area contributed by atoms with Crippen molar-refractivity contribution in [3.8, 4) is 0 Å². The van der Waals surface area contributed by atoms with E-state index < -0.39 is 18.5 Å². The monoisotopic (exact) mass is 416 g/mol. The number of rotatable bonds is 8. The highest BCUT2D eigenvalue weighted by atomic mass is 16.5. The van der Waals surface area contributed by atoms with E-state index in [2.05, 4.69) is 10.6 Å². The Labute approximate surface area is 179 Å². The van der Waals surface area contributed by atoms with Gasteiger partial charge in [0.25, 0.3) is 11.8 Å². The van der Waals surface area contributed by atoms with Gasteiger partial charge < -0.3 is 15.4 Å². The molecule has 0 radical (unpaired) electrons. The van der Waals surface area contributed by atoms with Crippen LogP contribution >= 0.6 is 0 Å². The maximum absolute atomic E-state index is 12.6. The van der Waals surface area contributed by atoms with Crippen LogP contribution in [-0.4, -0.2) is 30.7 Å². The second-order valence-electron chi connectivity index (χ2n) is 6.58. The van der Waals surface area contributed by atoms with Gasteiger partial charge in [-0.15, -0.1) is 0 Å². The molecule has 0 aliphatic rings. The standard InChI is InChI=1S/C24H20N2O5/c27-15-18-10-12-19(13-11-18)24(30)31-16-22(28)26-21-9-5-4-8-20(21)23(29)25-14-17-6-2-1-3-7-17/h1-13,15H,14,16H2,(H,25,29)(H,26,28). The number of anilines is 1. The van der Waals surface area contributed by atoms with Crippen molar-refractivity contribution in [2.45, 2.75) is 6.54 Å². The van der Waals surface area contributed by atoms with Crippen LogP contribution in [0.25, 0.3) is 0 Å². The van der Waals surface area contributed by atoms with E-state index in [9.17, 15) is 19.2 Å². The van der Waals surface area contributed by atoms with E-state index >= 15 is 0 Å². The van der Waals surface area contributed by atoms with Crippen LogP contribution in [-0.2, 0) is 16.1 Å². The third-order valence-corrected chi connectivity index (χ3v) is 4.36. The molecule has 0 aliphatic heterocycles. The Morgan fingerprint density at radius 1 is 0.839 bits per heavy atom. The minimum Gasteiger partial charge on any atom is -0.452 e. The Kier molecular flexibility index (Phi) is 7.26. The molecule has 156 valence electrons. The second kappa shape index (κ2) is 10.5. The zero-order valence-electron chi connectivity index (χ0n) is 16.5. The molecule has 3 aromatic carbocycles. The van der Waals surface area contributed by atoms with E-state index in [1.54, 1.807) is 24.3 Å². The number of benzene rings is 3. The van der Waals surface area contributed by atoms with Crippen LogP contribution in [0.3, 0.4) is 0 Å². The van der Waals surface area contributed by atoms with Crippen molar-refractivity contribution in [3.63, 3.8) is 0 Å². The summed E-state index contributed by atoms with van der Waals surface area (Å²) in [6.07, 6.45) is 0.663. The van der Waals surface area contributed by atoms with Gasteiger partial charge >= 0.3 is 5.97 Å². The van der Waals surface area contributed by atoms with E-state index in [1.165, 1.54) is 24.3 Å². The first-order valence-electron chi connectivity index (χ1n) is 9.50. The third kappa shape index (κ3) is 6.11. The van der Waals surface area contributed by atoms with E-state index in [1.807, 2.05) is 30.3 Å². The topological polar surface area (TPSA) is 102 Å². The zero-order valence-corrected chi connectivity index (χ0v) is 16.5. The number of hydrogen-bond donors (Lipinski definition) is 2. The fourth-order valence-electron chi connectivity index (χ4n) is 2.76. The zero-order chi connectivity index (χ0) is 22.1. The van der Waals surface area contributed by atoms with Crippen LogP contribution in [0.4, 0.5) is 5.69 Å².